The van der Waals surface area contributed by atoms with E-state index >= 15 is 0 Å². The number of aryl methyl sites for hydroxylation is 2. The van der Waals surface area contributed by atoms with Gasteiger partial charge in [0.15, 0.2) is 17.2 Å². The molecule has 0 spiro atoms. The Balaban J connectivity index is 2.81. The molecule has 0 atom stereocenters. The average Bonchev–Trinajstić information content (AvgIpc) is 2.79. The SMILES string of the molecule is CCOC(=O)c1c(O)c2c(OC(=O)C(C)(C)C)c(Br)c(CC)nc2n1C. The molecule has 0 saturated carbocycles. The minimum Gasteiger partial charge on any atom is -0.505 e. The van der Waals surface area contributed by atoms with Gasteiger partial charge in [0.05, 0.1) is 22.2 Å². The molecule has 2 aromatic heterocycles. The molecule has 7 nitrogen and oxygen atoms in total. The summed E-state index contributed by atoms with van der Waals surface area (Å²) in [6.45, 7) is 8.95. The van der Waals surface area contributed by atoms with Crippen LogP contribution in [0.2, 0.25) is 0 Å². The Morgan fingerprint density at radius 1 is 1.27 bits per heavy atom. The van der Waals surface area contributed by atoms with Gasteiger partial charge in [-0.05, 0) is 50.0 Å². The summed E-state index contributed by atoms with van der Waals surface area (Å²) in [7, 11) is 1.60. The minimum atomic E-state index is -0.740. The monoisotopic (exact) mass is 426 g/mol. The number of pyridine rings is 1. The minimum absolute atomic E-state index is 0.0393. The summed E-state index contributed by atoms with van der Waals surface area (Å²) < 4.78 is 12.5. The van der Waals surface area contributed by atoms with Crippen molar-refractivity contribution in [1.29, 1.82) is 0 Å². The van der Waals surface area contributed by atoms with Crippen molar-refractivity contribution >= 4 is 38.9 Å². The lowest BCUT2D eigenvalue weighted by Crippen LogP contribution is -2.26. The Morgan fingerprint density at radius 3 is 2.38 bits per heavy atom. The summed E-state index contributed by atoms with van der Waals surface area (Å²) in [6.07, 6.45) is 0.567. The first-order valence-electron chi connectivity index (χ1n) is 8.33. The second kappa shape index (κ2) is 7.26. The van der Waals surface area contributed by atoms with Crippen molar-refractivity contribution in [3.8, 4) is 11.5 Å². The number of carbonyl (C=O) groups is 2. The zero-order valence-electron chi connectivity index (χ0n) is 15.8. The van der Waals surface area contributed by atoms with E-state index in [9.17, 15) is 14.7 Å². The van der Waals surface area contributed by atoms with Crippen LogP contribution in [0.5, 0.6) is 11.5 Å². The highest BCUT2D eigenvalue weighted by molar-refractivity contribution is 9.10. The van der Waals surface area contributed by atoms with Crippen LogP contribution < -0.4 is 4.74 Å². The molecule has 0 aliphatic heterocycles. The number of ether oxygens (including phenoxy) is 2. The topological polar surface area (TPSA) is 90.7 Å². The average molecular weight is 427 g/mol. The molecule has 1 N–H and O–H groups in total. The summed E-state index contributed by atoms with van der Waals surface area (Å²) in [5.41, 5.74) is 0.200. The van der Waals surface area contributed by atoms with Crippen LogP contribution in [0, 0.1) is 5.41 Å². The maximum Gasteiger partial charge on any atom is 0.358 e. The number of halogens is 1. The fourth-order valence-electron chi connectivity index (χ4n) is 2.42. The first kappa shape index (κ1) is 20.2. The molecule has 0 amide bonds. The van der Waals surface area contributed by atoms with Gasteiger partial charge in [-0.15, -0.1) is 0 Å². The lowest BCUT2D eigenvalue weighted by molar-refractivity contribution is -0.142. The van der Waals surface area contributed by atoms with Gasteiger partial charge in [0, 0.05) is 7.05 Å². The van der Waals surface area contributed by atoms with Gasteiger partial charge in [0.25, 0.3) is 0 Å². The van der Waals surface area contributed by atoms with Crippen molar-refractivity contribution in [1.82, 2.24) is 9.55 Å². The number of hydrogen-bond donors (Lipinski definition) is 1. The van der Waals surface area contributed by atoms with Crippen molar-refractivity contribution in [2.75, 3.05) is 6.61 Å². The van der Waals surface area contributed by atoms with Gasteiger partial charge in [-0.3, -0.25) is 4.79 Å². The van der Waals surface area contributed by atoms with E-state index in [0.29, 0.717) is 22.2 Å². The van der Waals surface area contributed by atoms with Crippen LogP contribution in [0.3, 0.4) is 0 Å². The highest BCUT2D eigenvalue weighted by Crippen LogP contribution is 2.43. The Kier molecular flexibility index (Phi) is 5.65. The first-order valence-corrected chi connectivity index (χ1v) is 9.12. The van der Waals surface area contributed by atoms with E-state index in [1.165, 1.54) is 4.57 Å². The third-order valence-corrected chi connectivity index (χ3v) is 4.69. The third kappa shape index (κ3) is 3.42. The Morgan fingerprint density at radius 2 is 1.88 bits per heavy atom. The van der Waals surface area contributed by atoms with E-state index in [1.54, 1.807) is 34.7 Å². The van der Waals surface area contributed by atoms with Crippen LogP contribution >= 0.6 is 15.9 Å². The number of aromatic nitrogens is 2. The molecule has 142 valence electrons. The zero-order chi connectivity index (χ0) is 19.8. The number of aromatic hydroxyl groups is 1. The zero-order valence-corrected chi connectivity index (χ0v) is 17.4. The standard InChI is InChI=1S/C18H23BrN2O5/c1-7-9-11(19)14(26-17(24)18(3,4)5)10-13(22)12(16(23)25-8-2)21(6)15(10)20-9/h22H,7-8H2,1-6H3. The van der Waals surface area contributed by atoms with E-state index in [2.05, 4.69) is 20.9 Å². The number of nitrogens with zero attached hydrogens (tertiary/aromatic N) is 2. The summed E-state index contributed by atoms with van der Waals surface area (Å²) in [4.78, 5) is 29.2. The van der Waals surface area contributed by atoms with Gasteiger partial charge in [-0.1, -0.05) is 6.92 Å². The van der Waals surface area contributed by atoms with Crippen molar-refractivity contribution in [2.45, 2.75) is 41.0 Å². The first-order chi connectivity index (χ1) is 12.0. The molecule has 0 fully saturated rings. The maximum atomic E-state index is 12.4. The van der Waals surface area contributed by atoms with E-state index in [-0.39, 0.29) is 29.2 Å². The maximum absolute atomic E-state index is 12.4. The lowest BCUT2D eigenvalue weighted by atomic mass is 9.97. The van der Waals surface area contributed by atoms with Gasteiger partial charge in [-0.2, -0.15) is 0 Å². The Bertz CT molecular complexity index is 880. The van der Waals surface area contributed by atoms with Crippen molar-refractivity contribution < 1.29 is 24.2 Å². The molecule has 0 aromatic carbocycles. The fourth-order valence-corrected chi connectivity index (χ4v) is 3.07. The largest absolute Gasteiger partial charge is 0.505 e. The van der Waals surface area contributed by atoms with Crippen LogP contribution in [0.15, 0.2) is 4.47 Å². The summed E-state index contributed by atoms with van der Waals surface area (Å²) in [5.74, 6) is -1.31. The van der Waals surface area contributed by atoms with E-state index < -0.39 is 17.4 Å². The van der Waals surface area contributed by atoms with Gasteiger partial charge < -0.3 is 19.1 Å². The summed E-state index contributed by atoms with van der Waals surface area (Å²) in [6, 6.07) is 0. The number of esters is 2. The molecule has 2 rings (SSSR count). The molecule has 0 saturated heterocycles. The predicted octanol–water partition coefficient (Wildman–Crippen LogP) is 3.73. The number of hydrogen-bond acceptors (Lipinski definition) is 6. The van der Waals surface area contributed by atoms with Gasteiger partial charge in [0.2, 0.25) is 0 Å². The van der Waals surface area contributed by atoms with Crippen LogP contribution in [0.25, 0.3) is 11.0 Å². The lowest BCUT2D eigenvalue weighted by Gasteiger charge is -2.18. The number of fused-ring (bicyclic) bond motifs is 1. The number of carbonyl (C=O) groups excluding carboxylic acids is 2. The molecule has 0 bridgehead atoms. The van der Waals surface area contributed by atoms with Gasteiger partial charge >= 0.3 is 11.9 Å². The van der Waals surface area contributed by atoms with E-state index in [1.807, 2.05) is 6.92 Å². The van der Waals surface area contributed by atoms with E-state index in [0.717, 1.165) is 0 Å². The summed E-state index contributed by atoms with van der Waals surface area (Å²) >= 11 is 3.42. The molecular formula is C18H23BrN2O5. The van der Waals surface area contributed by atoms with Crippen molar-refractivity contribution in [2.24, 2.45) is 12.5 Å². The summed E-state index contributed by atoms with van der Waals surface area (Å²) in [5, 5.41) is 10.9. The smallest absolute Gasteiger partial charge is 0.358 e. The molecule has 2 aromatic rings. The molecule has 2 heterocycles. The second-order valence-electron chi connectivity index (χ2n) is 6.87. The molecular weight excluding hydrogens is 404 g/mol. The Hall–Kier alpha value is -2.09. The highest BCUT2D eigenvalue weighted by Gasteiger charge is 2.31. The van der Waals surface area contributed by atoms with E-state index in [4.69, 9.17) is 9.47 Å². The number of rotatable bonds is 4. The van der Waals surface area contributed by atoms with Crippen LogP contribution in [0.1, 0.15) is 50.8 Å². The molecule has 26 heavy (non-hydrogen) atoms. The van der Waals surface area contributed by atoms with Crippen molar-refractivity contribution in [3.63, 3.8) is 0 Å². The molecule has 0 radical (unpaired) electrons. The molecule has 8 heteroatoms. The van der Waals surface area contributed by atoms with Crippen molar-refractivity contribution in [3.05, 3.63) is 15.9 Å². The normalized spacial score (nSPS) is 11.7. The quantitative estimate of drug-likeness (QED) is 0.748. The van der Waals surface area contributed by atoms with Gasteiger partial charge in [0.1, 0.15) is 11.0 Å². The van der Waals surface area contributed by atoms with Crippen LogP contribution in [-0.4, -0.2) is 33.2 Å². The third-order valence-electron chi connectivity index (χ3n) is 3.87. The highest BCUT2D eigenvalue weighted by atomic mass is 79.9. The van der Waals surface area contributed by atoms with Crippen LogP contribution in [0.4, 0.5) is 0 Å². The predicted molar refractivity (Wildman–Crippen MR) is 101 cm³/mol. The molecule has 0 aliphatic carbocycles. The fraction of sp³-hybridized carbons (Fsp3) is 0.500. The Labute approximate surface area is 160 Å². The second-order valence-corrected chi connectivity index (χ2v) is 7.66. The molecule has 0 aliphatic rings. The van der Waals surface area contributed by atoms with Gasteiger partial charge in [-0.25, -0.2) is 9.78 Å². The molecule has 0 unspecified atom stereocenters. The van der Waals surface area contributed by atoms with Crippen LogP contribution in [-0.2, 0) is 23.0 Å².